The van der Waals surface area contributed by atoms with Gasteiger partial charge in [-0.2, -0.15) is 0 Å². The van der Waals surface area contributed by atoms with E-state index in [0.717, 1.165) is 5.56 Å². The van der Waals surface area contributed by atoms with Crippen molar-refractivity contribution >= 4 is 5.69 Å². The van der Waals surface area contributed by atoms with Gasteiger partial charge in [0.2, 0.25) is 5.88 Å². The van der Waals surface area contributed by atoms with Crippen molar-refractivity contribution in [2.24, 2.45) is 0 Å². The Morgan fingerprint density at radius 1 is 1.35 bits per heavy atom. The molecule has 0 bridgehead atoms. The van der Waals surface area contributed by atoms with E-state index >= 15 is 0 Å². The number of aromatic nitrogens is 1. The highest BCUT2D eigenvalue weighted by Gasteiger charge is 2.11. The summed E-state index contributed by atoms with van der Waals surface area (Å²) in [5.74, 6) is 0.654. The van der Waals surface area contributed by atoms with E-state index in [1.54, 1.807) is 32.0 Å². The van der Waals surface area contributed by atoms with E-state index in [1.165, 1.54) is 18.3 Å². The van der Waals surface area contributed by atoms with Crippen LogP contribution in [0.15, 0.2) is 36.5 Å². The lowest BCUT2D eigenvalue weighted by Crippen LogP contribution is -1.96. The molecule has 0 aliphatic carbocycles. The minimum absolute atomic E-state index is 0.0442. The quantitative estimate of drug-likeness (QED) is 0.683. The Hall–Kier alpha value is -2.47. The van der Waals surface area contributed by atoms with Crippen LogP contribution in [0.4, 0.5) is 5.69 Å². The predicted octanol–water partition coefficient (Wildman–Crippen LogP) is 3.14. The second-order valence-corrected chi connectivity index (χ2v) is 4.41. The molecule has 0 aliphatic rings. The fraction of sp³-hybridized carbons (Fsp3) is 0.214. The lowest BCUT2D eigenvalue weighted by molar-refractivity contribution is -0.384. The fourth-order valence-electron chi connectivity index (χ4n) is 1.67. The van der Waals surface area contributed by atoms with Crippen molar-refractivity contribution in [2.75, 3.05) is 0 Å². The zero-order valence-corrected chi connectivity index (χ0v) is 11.1. The number of aryl methyl sites for hydroxylation is 1. The Kier molecular flexibility index (Phi) is 3.95. The molecule has 0 spiro atoms. The van der Waals surface area contributed by atoms with Gasteiger partial charge in [-0.15, -0.1) is 0 Å². The third-order valence-electron chi connectivity index (χ3n) is 2.84. The van der Waals surface area contributed by atoms with Crippen molar-refractivity contribution < 1.29 is 14.8 Å². The van der Waals surface area contributed by atoms with Crippen molar-refractivity contribution in [2.45, 2.75) is 20.0 Å². The summed E-state index contributed by atoms with van der Waals surface area (Å²) in [6.07, 6.45) is 0.885. The number of aliphatic hydroxyl groups excluding tert-OH is 1. The zero-order chi connectivity index (χ0) is 14.7. The third-order valence-corrected chi connectivity index (χ3v) is 2.84. The number of non-ortho nitro benzene ring substituents is 1. The van der Waals surface area contributed by atoms with Crippen molar-refractivity contribution in [3.63, 3.8) is 0 Å². The first-order valence-corrected chi connectivity index (χ1v) is 6.04. The highest BCUT2D eigenvalue weighted by Crippen LogP contribution is 2.28. The number of nitrogens with zero attached hydrogens (tertiary/aromatic N) is 2. The standard InChI is InChI=1S/C14H14N2O4/c1-9-3-4-12(16(18)19)8-13(9)20-14-7-11(10(2)17)5-6-15-14/h3-8,10,17H,1-2H3. The van der Waals surface area contributed by atoms with Crippen LogP contribution in [0.25, 0.3) is 0 Å². The normalized spacial score (nSPS) is 11.9. The van der Waals surface area contributed by atoms with Gasteiger partial charge in [0.05, 0.1) is 17.1 Å². The van der Waals surface area contributed by atoms with Crippen LogP contribution in [-0.4, -0.2) is 15.0 Å². The summed E-state index contributed by atoms with van der Waals surface area (Å²) in [6.45, 7) is 3.43. The summed E-state index contributed by atoms with van der Waals surface area (Å²) in [7, 11) is 0. The van der Waals surface area contributed by atoms with Crippen LogP contribution in [0.2, 0.25) is 0 Å². The van der Waals surface area contributed by atoms with Crippen molar-refractivity contribution in [3.05, 3.63) is 57.8 Å². The number of nitro groups is 1. The van der Waals surface area contributed by atoms with Gasteiger partial charge in [-0.25, -0.2) is 4.98 Å². The molecule has 1 N–H and O–H groups in total. The van der Waals surface area contributed by atoms with E-state index in [2.05, 4.69) is 4.98 Å². The largest absolute Gasteiger partial charge is 0.438 e. The average molecular weight is 274 g/mol. The molecule has 1 unspecified atom stereocenters. The van der Waals surface area contributed by atoms with Crippen molar-refractivity contribution in [1.82, 2.24) is 4.98 Å². The molecule has 1 aromatic carbocycles. The summed E-state index contributed by atoms with van der Waals surface area (Å²) in [6, 6.07) is 7.67. The minimum atomic E-state index is -0.633. The second kappa shape index (κ2) is 5.66. The molecule has 20 heavy (non-hydrogen) atoms. The van der Waals surface area contributed by atoms with Crippen LogP contribution < -0.4 is 4.74 Å². The summed E-state index contributed by atoms with van der Waals surface area (Å²) >= 11 is 0. The molecule has 0 aliphatic heterocycles. The monoisotopic (exact) mass is 274 g/mol. The molecule has 6 heteroatoms. The predicted molar refractivity (Wildman–Crippen MR) is 72.8 cm³/mol. The summed E-state index contributed by atoms with van der Waals surface area (Å²) in [5, 5.41) is 20.3. The summed E-state index contributed by atoms with van der Waals surface area (Å²) in [5.41, 5.74) is 1.38. The van der Waals surface area contributed by atoms with E-state index in [4.69, 9.17) is 4.74 Å². The van der Waals surface area contributed by atoms with Gasteiger partial charge >= 0.3 is 0 Å². The van der Waals surface area contributed by atoms with Gasteiger partial charge in [0.1, 0.15) is 5.75 Å². The molecule has 2 aromatic rings. The number of hydrogen-bond acceptors (Lipinski definition) is 5. The van der Waals surface area contributed by atoms with Gasteiger partial charge in [-0.1, -0.05) is 0 Å². The van der Waals surface area contributed by atoms with Crippen molar-refractivity contribution in [1.29, 1.82) is 0 Å². The first-order chi connectivity index (χ1) is 9.47. The third kappa shape index (κ3) is 3.10. The van der Waals surface area contributed by atoms with Gasteiger partial charge < -0.3 is 9.84 Å². The molecule has 1 atom stereocenters. The van der Waals surface area contributed by atoms with Crippen LogP contribution in [-0.2, 0) is 0 Å². The molecular formula is C14H14N2O4. The van der Waals surface area contributed by atoms with Crippen molar-refractivity contribution in [3.8, 4) is 11.6 Å². The SMILES string of the molecule is Cc1ccc([N+](=O)[O-])cc1Oc1cc(C(C)O)ccn1. The number of nitro benzene ring substituents is 1. The lowest BCUT2D eigenvalue weighted by atomic mass is 10.2. The molecule has 0 amide bonds. The topological polar surface area (TPSA) is 85.5 Å². The Morgan fingerprint density at radius 3 is 2.75 bits per heavy atom. The number of aliphatic hydroxyl groups is 1. The molecule has 0 saturated heterocycles. The first-order valence-electron chi connectivity index (χ1n) is 6.04. The first kappa shape index (κ1) is 14.0. The maximum absolute atomic E-state index is 10.8. The van der Waals surface area contributed by atoms with Crippen LogP contribution in [0.5, 0.6) is 11.6 Å². The molecule has 6 nitrogen and oxygen atoms in total. The number of benzene rings is 1. The van der Waals surface area contributed by atoms with E-state index in [1.807, 2.05) is 0 Å². The lowest BCUT2D eigenvalue weighted by Gasteiger charge is -2.10. The molecule has 2 rings (SSSR count). The van der Waals surface area contributed by atoms with Crippen LogP contribution in [0.3, 0.4) is 0 Å². The Balaban J connectivity index is 2.32. The highest BCUT2D eigenvalue weighted by atomic mass is 16.6. The molecule has 1 heterocycles. The molecule has 0 radical (unpaired) electrons. The zero-order valence-electron chi connectivity index (χ0n) is 11.1. The minimum Gasteiger partial charge on any atom is -0.438 e. The van der Waals surface area contributed by atoms with Gasteiger partial charge in [-0.05, 0) is 37.1 Å². The Morgan fingerprint density at radius 2 is 2.10 bits per heavy atom. The molecular weight excluding hydrogens is 260 g/mol. The highest BCUT2D eigenvalue weighted by molar-refractivity contribution is 5.45. The van der Waals surface area contributed by atoms with Crippen LogP contribution >= 0.6 is 0 Å². The van der Waals surface area contributed by atoms with E-state index in [-0.39, 0.29) is 11.6 Å². The molecule has 0 fully saturated rings. The van der Waals surface area contributed by atoms with E-state index in [9.17, 15) is 15.2 Å². The number of ether oxygens (including phenoxy) is 1. The van der Waals surface area contributed by atoms with Gasteiger partial charge in [-0.3, -0.25) is 10.1 Å². The second-order valence-electron chi connectivity index (χ2n) is 4.41. The van der Waals surface area contributed by atoms with Crippen LogP contribution in [0.1, 0.15) is 24.2 Å². The summed E-state index contributed by atoms with van der Waals surface area (Å²) in [4.78, 5) is 14.3. The van der Waals surface area contributed by atoms with Crippen LogP contribution in [0, 0.1) is 17.0 Å². The van der Waals surface area contributed by atoms with Gasteiger partial charge in [0.15, 0.2) is 0 Å². The molecule has 104 valence electrons. The average Bonchev–Trinajstić information content (AvgIpc) is 2.41. The summed E-state index contributed by atoms with van der Waals surface area (Å²) < 4.78 is 5.56. The maximum Gasteiger partial charge on any atom is 0.273 e. The van der Waals surface area contributed by atoms with Gasteiger partial charge in [0, 0.05) is 18.3 Å². The molecule has 1 aromatic heterocycles. The van der Waals surface area contributed by atoms with E-state index in [0.29, 0.717) is 11.3 Å². The Labute approximate surface area is 115 Å². The fourth-order valence-corrected chi connectivity index (χ4v) is 1.67. The van der Waals surface area contributed by atoms with Gasteiger partial charge in [0.25, 0.3) is 5.69 Å². The maximum atomic E-state index is 10.8. The smallest absolute Gasteiger partial charge is 0.273 e. The van der Waals surface area contributed by atoms with E-state index < -0.39 is 11.0 Å². The number of hydrogen-bond donors (Lipinski definition) is 1. The number of pyridine rings is 1. The Bertz CT molecular complexity index is 641. The number of rotatable bonds is 4. The molecule has 0 saturated carbocycles.